The third-order valence-corrected chi connectivity index (χ3v) is 5.71. The van der Waals surface area contributed by atoms with Crippen LogP contribution in [0, 0.1) is 11.3 Å². The van der Waals surface area contributed by atoms with E-state index in [4.69, 9.17) is 0 Å². The Morgan fingerprint density at radius 2 is 2.08 bits per heavy atom. The summed E-state index contributed by atoms with van der Waals surface area (Å²) >= 11 is 0. The minimum Gasteiger partial charge on any atom is -0.310 e. The first-order valence-electron chi connectivity index (χ1n) is 9.00. The Kier molecular flexibility index (Phi) is 3.38. The summed E-state index contributed by atoms with van der Waals surface area (Å²) in [6.45, 7) is 0. The second-order valence-electron chi connectivity index (χ2n) is 7.20. The summed E-state index contributed by atoms with van der Waals surface area (Å²) in [5.41, 5.74) is 1.74. The number of hydrogen-bond donors (Lipinski definition) is 1. The SMILES string of the molecule is O=C(Nc1ccc(-c2nncn2-c2ccccc2)cn1)[C@@]12CCC[C@@H]1C2. The zero-order valence-electron chi connectivity index (χ0n) is 14.3. The number of hydrogen-bond acceptors (Lipinski definition) is 4. The van der Waals surface area contributed by atoms with Crippen LogP contribution in [0.15, 0.2) is 55.0 Å². The Morgan fingerprint density at radius 1 is 1.19 bits per heavy atom. The van der Waals surface area contributed by atoms with E-state index < -0.39 is 0 Å². The third kappa shape index (κ3) is 2.41. The Hall–Kier alpha value is -3.02. The molecule has 2 aliphatic carbocycles. The Labute approximate surface area is 151 Å². The highest BCUT2D eigenvalue weighted by molar-refractivity contribution is 5.97. The first-order chi connectivity index (χ1) is 12.8. The standard InChI is InChI=1S/C20H19N5O/c26-19(20-10-4-5-15(20)11-20)23-17-9-8-14(12-21-17)18-24-22-13-25(18)16-6-2-1-3-7-16/h1-3,6-9,12-13,15H,4-5,10-11H2,(H,21,23,26)/t15-,20-/m1/s1. The van der Waals surface area contributed by atoms with Crippen molar-refractivity contribution in [2.45, 2.75) is 25.7 Å². The minimum absolute atomic E-state index is 0.103. The van der Waals surface area contributed by atoms with Crippen LogP contribution in [0.5, 0.6) is 0 Å². The highest BCUT2D eigenvalue weighted by atomic mass is 16.2. The summed E-state index contributed by atoms with van der Waals surface area (Å²) in [5.74, 6) is 2.04. The minimum atomic E-state index is -0.103. The van der Waals surface area contributed by atoms with Crippen LogP contribution in [0.4, 0.5) is 5.82 Å². The van der Waals surface area contributed by atoms with E-state index in [9.17, 15) is 4.79 Å². The molecule has 0 radical (unpaired) electrons. The van der Waals surface area contributed by atoms with Gasteiger partial charge in [-0.05, 0) is 49.4 Å². The summed E-state index contributed by atoms with van der Waals surface area (Å²) in [7, 11) is 0. The van der Waals surface area contributed by atoms with Crippen LogP contribution in [0.25, 0.3) is 17.1 Å². The fourth-order valence-electron chi connectivity index (χ4n) is 4.17. The summed E-state index contributed by atoms with van der Waals surface area (Å²) in [4.78, 5) is 17.0. The van der Waals surface area contributed by atoms with Crippen molar-refractivity contribution in [3.8, 4) is 17.1 Å². The van der Waals surface area contributed by atoms with Gasteiger partial charge in [-0.2, -0.15) is 0 Å². The third-order valence-electron chi connectivity index (χ3n) is 5.71. The monoisotopic (exact) mass is 345 g/mol. The first kappa shape index (κ1) is 15.3. The molecular weight excluding hydrogens is 326 g/mol. The molecule has 130 valence electrons. The van der Waals surface area contributed by atoms with Gasteiger partial charge >= 0.3 is 0 Å². The molecule has 5 rings (SSSR count). The molecule has 2 saturated carbocycles. The fourth-order valence-corrected chi connectivity index (χ4v) is 4.17. The van der Waals surface area contributed by atoms with Crippen molar-refractivity contribution < 1.29 is 4.79 Å². The zero-order chi connectivity index (χ0) is 17.6. The van der Waals surface area contributed by atoms with Gasteiger partial charge in [0.25, 0.3) is 0 Å². The van der Waals surface area contributed by atoms with Crippen molar-refractivity contribution >= 4 is 11.7 Å². The maximum atomic E-state index is 12.6. The number of amides is 1. The number of carbonyl (C=O) groups excluding carboxylic acids is 1. The van der Waals surface area contributed by atoms with Gasteiger partial charge in [0.2, 0.25) is 5.91 Å². The molecule has 0 unspecified atom stereocenters. The maximum absolute atomic E-state index is 12.6. The number of carbonyl (C=O) groups is 1. The number of rotatable bonds is 4. The van der Waals surface area contributed by atoms with Crippen LogP contribution in [0.3, 0.4) is 0 Å². The van der Waals surface area contributed by atoms with Gasteiger partial charge in [-0.1, -0.05) is 24.6 Å². The molecule has 0 bridgehead atoms. The molecule has 1 aromatic carbocycles. The molecule has 2 aromatic heterocycles. The molecule has 2 atom stereocenters. The van der Waals surface area contributed by atoms with Crippen molar-refractivity contribution in [1.29, 1.82) is 0 Å². The molecule has 26 heavy (non-hydrogen) atoms. The lowest BCUT2D eigenvalue weighted by atomic mass is 10.0. The van der Waals surface area contributed by atoms with Crippen molar-refractivity contribution in [3.63, 3.8) is 0 Å². The van der Waals surface area contributed by atoms with Crippen LogP contribution in [-0.4, -0.2) is 25.7 Å². The van der Waals surface area contributed by atoms with Gasteiger partial charge in [-0.25, -0.2) is 4.98 Å². The van der Waals surface area contributed by atoms with E-state index in [1.54, 1.807) is 12.5 Å². The van der Waals surface area contributed by atoms with E-state index >= 15 is 0 Å². The van der Waals surface area contributed by atoms with Gasteiger partial charge in [0, 0.05) is 17.4 Å². The molecule has 0 saturated heterocycles. The summed E-state index contributed by atoms with van der Waals surface area (Å²) in [5, 5.41) is 11.2. The van der Waals surface area contributed by atoms with Crippen molar-refractivity contribution in [2.24, 2.45) is 11.3 Å². The first-order valence-corrected chi connectivity index (χ1v) is 9.00. The quantitative estimate of drug-likeness (QED) is 0.786. The molecule has 0 spiro atoms. The Bertz CT molecular complexity index is 950. The number of pyridine rings is 1. The Balaban J connectivity index is 1.36. The van der Waals surface area contributed by atoms with E-state index in [1.807, 2.05) is 47.0 Å². The van der Waals surface area contributed by atoms with E-state index in [2.05, 4.69) is 20.5 Å². The average molecular weight is 345 g/mol. The molecule has 6 nitrogen and oxygen atoms in total. The highest BCUT2D eigenvalue weighted by Gasteiger charge is 2.61. The van der Waals surface area contributed by atoms with E-state index in [-0.39, 0.29) is 11.3 Å². The van der Waals surface area contributed by atoms with Crippen LogP contribution in [-0.2, 0) is 4.79 Å². The number of nitrogens with zero attached hydrogens (tertiary/aromatic N) is 4. The molecular formula is C20H19N5O. The lowest BCUT2D eigenvalue weighted by Crippen LogP contribution is -2.24. The van der Waals surface area contributed by atoms with Gasteiger partial charge < -0.3 is 5.32 Å². The second kappa shape index (κ2) is 5.76. The van der Waals surface area contributed by atoms with E-state index in [1.165, 1.54) is 12.8 Å². The summed E-state index contributed by atoms with van der Waals surface area (Å²) in [6.07, 6.45) is 7.83. The number of aromatic nitrogens is 4. The van der Waals surface area contributed by atoms with Crippen LogP contribution >= 0.6 is 0 Å². The fraction of sp³-hybridized carbons (Fsp3) is 0.300. The van der Waals surface area contributed by atoms with E-state index in [0.29, 0.717) is 11.7 Å². The molecule has 1 amide bonds. The molecule has 2 heterocycles. The van der Waals surface area contributed by atoms with Gasteiger partial charge in [-0.15, -0.1) is 10.2 Å². The molecule has 6 heteroatoms. The van der Waals surface area contributed by atoms with Crippen molar-refractivity contribution in [3.05, 3.63) is 55.0 Å². The van der Waals surface area contributed by atoms with Crippen LogP contribution in [0.1, 0.15) is 25.7 Å². The number of benzene rings is 1. The van der Waals surface area contributed by atoms with E-state index in [0.717, 1.165) is 29.9 Å². The topological polar surface area (TPSA) is 72.7 Å². The summed E-state index contributed by atoms with van der Waals surface area (Å²) in [6, 6.07) is 13.7. The maximum Gasteiger partial charge on any atom is 0.232 e. The predicted octanol–water partition coefficient (Wildman–Crippen LogP) is 3.46. The Morgan fingerprint density at radius 3 is 2.77 bits per heavy atom. The van der Waals surface area contributed by atoms with Crippen molar-refractivity contribution in [1.82, 2.24) is 19.7 Å². The van der Waals surface area contributed by atoms with Gasteiger partial charge in [0.05, 0.1) is 5.41 Å². The summed E-state index contributed by atoms with van der Waals surface area (Å²) < 4.78 is 1.92. The van der Waals surface area contributed by atoms with Gasteiger partial charge in [-0.3, -0.25) is 9.36 Å². The molecule has 2 fully saturated rings. The van der Waals surface area contributed by atoms with Crippen LogP contribution < -0.4 is 5.32 Å². The van der Waals surface area contributed by atoms with Gasteiger partial charge in [0.15, 0.2) is 5.82 Å². The predicted molar refractivity (Wildman–Crippen MR) is 97.6 cm³/mol. The number of fused-ring (bicyclic) bond motifs is 1. The number of anilines is 1. The largest absolute Gasteiger partial charge is 0.310 e. The number of nitrogens with one attached hydrogen (secondary N) is 1. The molecule has 0 aliphatic heterocycles. The lowest BCUT2D eigenvalue weighted by Gasteiger charge is -2.12. The zero-order valence-corrected chi connectivity index (χ0v) is 14.3. The molecule has 1 N–H and O–H groups in total. The average Bonchev–Trinajstić information content (AvgIpc) is 3.04. The molecule has 2 aliphatic rings. The normalized spacial score (nSPS) is 23.5. The highest BCUT2D eigenvalue weighted by Crippen LogP contribution is 2.63. The smallest absolute Gasteiger partial charge is 0.232 e. The van der Waals surface area contributed by atoms with Crippen molar-refractivity contribution in [2.75, 3.05) is 5.32 Å². The number of para-hydroxylation sites is 1. The molecule has 3 aromatic rings. The second-order valence-corrected chi connectivity index (χ2v) is 7.20. The lowest BCUT2D eigenvalue weighted by molar-refractivity contribution is -0.121. The van der Waals surface area contributed by atoms with Gasteiger partial charge in [0.1, 0.15) is 12.1 Å². The van der Waals surface area contributed by atoms with Crippen LogP contribution in [0.2, 0.25) is 0 Å².